The molecule has 2 atom stereocenters. The highest BCUT2D eigenvalue weighted by Crippen LogP contribution is 2.68. The number of benzene rings is 1. The van der Waals surface area contributed by atoms with Crippen LogP contribution in [0.4, 0.5) is 5.69 Å². The van der Waals surface area contributed by atoms with Gasteiger partial charge in [-0.05, 0) is 72.8 Å². The van der Waals surface area contributed by atoms with E-state index in [1.807, 2.05) is 6.07 Å². The summed E-state index contributed by atoms with van der Waals surface area (Å²) in [6, 6.07) is 9.69. The molecule has 1 N–H and O–H groups in total. The third-order valence-corrected chi connectivity index (χ3v) is 7.99. The highest BCUT2D eigenvalue weighted by atomic mass is 16.1. The Morgan fingerprint density at radius 3 is 2.76 bits per heavy atom. The van der Waals surface area contributed by atoms with Gasteiger partial charge in [0.15, 0.2) is 0 Å². The minimum Gasteiger partial charge on any atom is -0.347 e. The zero-order valence-corrected chi connectivity index (χ0v) is 17.5. The van der Waals surface area contributed by atoms with E-state index in [2.05, 4.69) is 54.0 Å². The van der Waals surface area contributed by atoms with E-state index < -0.39 is 0 Å². The maximum Gasteiger partial charge on any atom is 0.255 e. The maximum absolute atomic E-state index is 12.8. The van der Waals surface area contributed by atoms with E-state index >= 15 is 0 Å². The molecule has 3 aliphatic rings. The molecule has 1 amide bonds. The van der Waals surface area contributed by atoms with E-state index in [0.717, 1.165) is 18.2 Å². The number of nitrogens with one attached hydrogen (secondary N) is 1. The third-order valence-electron chi connectivity index (χ3n) is 7.99. The average Bonchev–Trinajstić information content (AvgIpc) is 3.03. The summed E-state index contributed by atoms with van der Waals surface area (Å²) in [4.78, 5) is 16.8. The summed E-state index contributed by atoms with van der Waals surface area (Å²) in [5.41, 5.74) is 4.71. The number of pyridine rings is 1. The Kier molecular flexibility index (Phi) is 4.09. The molecule has 2 aromatic heterocycles. The number of aromatic nitrogens is 2. The lowest BCUT2D eigenvalue weighted by Crippen LogP contribution is -2.59. The van der Waals surface area contributed by atoms with Gasteiger partial charge in [0.05, 0.1) is 0 Å². The van der Waals surface area contributed by atoms with Crippen molar-refractivity contribution in [2.24, 2.45) is 16.7 Å². The number of rotatable bonds is 4. The number of carbonyl (C=O) groups excluding carboxylic acids is 1. The van der Waals surface area contributed by atoms with Gasteiger partial charge in [-0.1, -0.05) is 26.3 Å². The predicted molar refractivity (Wildman–Crippen MR) is 117 cm³/mol. The standard InChI is InChI=1S/C25H29N3O/c1-17-15-28(16-25-10-4-5-19(14-25)24(25,2)3)22-13-18(6-7-21(17)22)23(29)27-20-8-11-26-12-9-20/h6-9,11-13,15,19H,4-5,10,14,16H2,1-3H3,(H,26,27,29). The molecule has 4 nitrogen and oxygen atoms in total. The van der Waals surface area contributed by atoms with Crippen molar-refractivity contribution < 1.29 is 4.79 Å². The van der Waals surface area contributed by atoms with Crippen LogP contribution < -0.4 is 5.32 Å². The van der Waals surface area contributed by atoms with Gasteiger partial charge >= 0.3 is 0 Å². The largest absolute Gasteiger partial charge is 0.347 e. The van der Waals surface area contributed by atoms with E-state index in [1.165, 1.54) is 42.1 Å². The Morgan fingerprint density at radius 1 is 1.24 bits per heavy atom. The highest BCUT2D eigenvalue weighted by molar-refractivity contribution is 6.06. The molecule has 3 aromatic rings. The van der Waals surface area contributed by atoms with Gasteiger partial charge in [-0.15, -0.1) is 0 Å². The van der Waals surface area contributed by atoms with Gasteiger partial charge in [-0.2, -0.15) is 0 Å². The Balaban J connectivity index is 1.47. The zero-order chi connectivity index (χ0) is 20.2. The average molecular weight is 388 g/mol. The van der Waals surface area contributed by atoms with E-state index in [0.29, 0.717) is 16.4 Å². The first-order valence-corrected chi connectivity index (χ1v) is 10.7. The fourth-order valence-corrected chi connectivity index (χ4v) is 5.93. The topological polar surface area (TPSA) is 46.9 Å². The lowest BCUT2D eigenvalue weighted by atomic mass is 9.40. The highest BCUT2D eigenvalue weighted by Gasteiger charge is 2.61. The van der Waals surface area contributed by atoms with Gasteiger partial charge in [0, 0.05) is 47.3 Å². The van der Waals surface area contributed by atoms with Gasteiger partial charge in [-0.3, -0.25) is 9.78 Å². The van der Waals surface area contributed by atoms with Crippen molar-refractivity contribution in [2.75, 3.05) is 5.32 Å². The molecule has 0 radical (unpaired) electrons. The monoisotopic (exact) mass is 387 g/mol. The summed E-state index contributed by atoms with van der Waals surface area (Å²) in [6.45, 7) is 8.15. The summed E-state index contributed by atoms with van der Waals surface area (Å²) >= 11 is 0. The molecule has 3 fully saturated rings. The molecule has 2 unspecified atom stereocenters. The van der Waals surface area contributed by atoms with Crippen molar-refractivity contribution in [3.8, 4) is 0 Å². The number of aryl methyl sites for hydroxylation is 1. The number of amides is 1. The number of fused-ring (bicyclic) bond motifs is 3. The normalized spacial score (nSPS) is 24.9. The number of carbonyl (C=O) groups is 1. The molecule has 6 rings (SSSR count). The molecular formula is C25H29N3O. The summed E-state index contributed by atoms with van der Waals surface area (Å²) in [5, 5.41) is 4.21. The van der Waals surface area contributed by atoms with Crippen molar-refractivity contribution in [3.05, 3.63) is 60.0 Å². The first kappa shape index (κ1) is 18.4. The van der Waals surface area contributed by atoms with Crippen LogP contribution in [0.25, 0.3) is 10.9 Å². The lowest BCUT2D eigenvalue weighted by Gasteiger charge is -2.66. The van der Waals surface area contributed by atoms with Crippen molar-refractivity contribution >= 4 is 22.5 Å². The van der Waals surface area contributed by atoms with Gasteiger partial charge in [0.2, 0.25) is 0 Å². The van der Waals surface area contributed by atoms with Crippen LogP contribution in [-0.4, -0.2) is 15.5 Å². The second-order valence-electron chi connectivity index (χ2n) is 9.66. The predicted octanol–water partition coefficient (Wildman–Crippen LogP) is 5.81. The van der Waals surface area contributed by atoms with Crippen molar-refractivity contribution in [1.82, 2.24) is 9.55 Å². The molecule has 0 spiro atoms. The van der Waals surface area contributed by atoms with Crippen LogP contribution >= 0.6 is 0 Å². The second kappa shape index (κ2) is 6.45. The second-order valence-corrected chi connectivity index (χ2v) is 9.66. The molecular weight excluding hydrogens is 358 g/mol. The van der Waals surface area contributed by atoms with Crippen molar-refractivity contribution in [2.45, 2.75) is 53.0 Å². The molecule has 3 saturated carbocycles. The molecule has 0 aliphatic heterocycles. The molecule has 29 heavy (non-hydrogen) atoms. The smallest absolute Gasteiger partial charge is 0.255 e. The Labute approximate surface area is 172 Å². The molecule has 0 saturated heterocycles. The molecule has 1 aromatic carbocycles. The van der Waals surface area contributed by atoms with Crippen LogP contribution in [0.1, 0.15) is 55.5 Å². The van der Waals surface area contributed by atoms with E-state index in [1.54, 1.807) is 24.5 Å². The first-order chi connectivity index (χ1) is 13.9. The third kappa shape index (κ3) is 2.80. The lowest BCUT2D eigenvalue weighted by molar-refractivity contribution is -0.169. The zero-order valence-electron chi connectivity index (χ0n) is 17.5. The summed E-state index contributed by atoms with van der Waals surface area (Å²) in [5.74, 6) is 0.796. The molecule has 2 bridgehead atoms. The minimum absolute atomic E-state index is 0.0802. The number of nitrogens with zero attached hydrogens (tertiary/aromatic N) is 2. The number of hydrogen-bond acceptors (Lipinski definition) is 2. The van der Waals surface area contributed by atoms with Crippen LogP contribution in [0, 0.1) is 23.7 Å². The summed E-state index contributed by atoms with van der Waals surface area (Å²) in [7, 11) is 0. The van der Waals surface area contributed by atoms with E-state index in [4.69, 9.17) is 0 Å². The Morgan fingerprint density at radius 2 is 2.03 bits per heavy atom. The Hall–Kier alpha value is -2.62. The summed E-state index contributed by atoms with van der Waals surface area (Å²) in [6.07, 6.45) is 11.1. The van der Waals surface area contributed by atoms with Gasteiger partial charge < -0.3 is 9.88 Å². The molecule has 2 heterocycles. The minimum atomic E-state index is -0.0802. The molecule has 150 valence electrons. The van der Waals surface area contributed by atoms with E-state index in [9.17, 15) is 4.79 Å². The first-order valence-electron chi connectivity index (χ1n) is 10.7. The maximum atomic E-state index is 12.8. The quantitative estimate of drug-likeness (QED) is 0.614. The van der Waals surface area contributed by atoms with Crippen LogP contribution in [0.3, 0.4) is 0 Å². The SMILES string of the molecule is Cc1cn(CC23CCCC(C2)C3(C)C)c2cc(C(=O)Nc3ccncc3)ccc12. The Bertz CT molecular complexity index is 1080. The van der Waals surface area contributed by atoms with Crippen LogP contribution in [0.15, 0.2) is 48.9 Å². The van der Waals surface area contributed by atoms with Gasteiger partial charge in [0.1, 0.15) is 0 Å². The van der Waals surface area contributed by atoms with Crippen molar-refractivity contribution in [3.63, 3.8) is 0 Å². The molecule has 3 aliphatic carbocycles. The van der Waals surface area contributed by atoms with Crippen LogP contribution in [0.2, 0.25) is 0 Å². The van der Waals surface area contributed by atoms with Crippen LogP contribution in [0.5, 0.6) is 0 Å². The number of anilines is 1. The van der Waals surface area contributed by atoms with Crippen LogP contribution in [-0.2, 0) is 6.54 Å². The molecule has 4 heteroatoms. The van der Waals surface area contributed by atoms with Gasteiger partial charge in [-0.25, -0.2) is 0 Å². The van der Waals surface area contributed by atoms with E-state index in [-0.39, 0.29) is 5.91 Å². The number of hydrogen-bond donors (Lipinski definition) is 1. The van der Waals surface area contributed by atoms with Gasteiger partial charge in [0.25, 0.3) is 5.91 Å². The summed E-state index contributed by atoms with van der Waals surface area (Å²) < 4.78 is 2.41. The van der Waals surface area contributed by atoms with Crippen molar-refractivity contribution in [1.29, 1.82) is 0 Å². The fourth-order valence-electron chi connectivity index (χ4n) is 5.93. The fraction of sp³-hybridized carbons (Fsp3) is 0.440.